The molecule has 2 saturated heterocycles. The first-order valence-corrected chi connectivity index (χ1v) is 19.4. The Morgan fingerprint density at radius 1 is 0.983 bits per heavy atom. The van der Waals surface area contributed by atoms with Gasteiger partial charge in [-0.25, -0.2) is 19.6 Å². The van der Waals surface area contributed by atoms with E-state index in [1.54, 1.807) is 36.3 Å². The number of ether oxygens (including phenoxy) is 1. The lowest BCUT2D eigenvalue weighted by Gasteiger charge is -2.40. The third-order valence-corrected chi connectivity index (χ3v) is 12.4. The molecule has 18 heteroatoms. The Morgan fingerprint density at radius 2 is 1.69 bits per heavy atom. The molecule has 2 fully saturated rings. The van der Waals surface area contributed by atoms with Gasteiger partial charge >= 0.3 is 17.9 Å². The molecule has 0 bridgehead atoms. The van der Waals surface area contributed by atoms with E-state index in [0.29, 0.717) is 59.0 Å². The summed E-state index contributed by atoms with van der Waals surface area (Å²) in [5.74, 6) is 0.0536. The van der Waals surface area contributed by atoms with Gasteiger partial charge in [-0.15, -0.1) is 0 Å². The summed E-state index contributed by atoms with van der Waals surface area (Å²) in [7, 11) is 4.09. The number of anilines is 2. The smallest absolute Gasteiger partial charge is 0.433 e. The highest BCUT2D eigenvalue weighted by Gasteiger charge is 2.46. The summed E-state index contributed by atoms with van der Waals surface area (Å²) in [5, 5.41) is 15.6. The molecule has 2 aliphatic heterocycles. The van der Waals surface area contributed by atoms with Gasteiger partial charge < -0.3 is 25.4 Å². The molecule has 1 aliphatic carbocycles. The first-order chi connectivity index (χ1) is 27.6. The predicted octanol–water partition coefficient (Wildman–Crippen LogP) is 6.28. The molecule has 304 valence electrons. The van der Waals surface area contributed by atoms with Gasteiger partial charge in [0.1, 0.15) is 16.9 Å². The lowest BCUT2D eigenvalue weighted by atomic mass is 9.92. The minimum Gasteiger partial charge on any atom is -0.481 e. The van der Waals surface area contributed by atoms with Gasteiger partial charge in [-0.2, -0.15) is 13.2 Å². The average Bonchev–Trinajstić information content (AvgIpc) is 3.81. The Labute approximate surface area is 340 Å². The molecule has 8 rings (SSSR count). The number of alkyl halides is 3. The van der Waals surface area contributed by atoms with Crippen LogP contribution in [0.2, 0.25) is 10.0 Å². The Bertz CT molecular complexity index is 2620. The van der Waals surface area contributed by atoms with Gasteiger partial charge in [0.05, 0.1) is 46.2 Å². The van der Waals surface area contributed by atoms with Gasteiger partial charge in [0, 0.05) is 68.6 Å². The Balaban J connectivity index is 1.11. The number of aliphatic hydroxyl groups is 1. The number of fused-ring (bicyclic) bond motifs is 2. The van der Waals surface area contributed by atoms with Crippen LogP contribution in [0, 0.1) is 0 Å². The highest BCUT2D eigenvalue weighted by atomic mass is 35.5. The van der Waals surface area contributed by atoms with Crippen LogP contribution in [0.3, 0.4) is 0 Å². The number of hydrogen-bond acceptors (Lipinski definition) is 9. The number of urea groups is 1. The third-order valence-electron chi connectivity index (χ3n) is 11.6. The molecule has 5 heterocycles. The number of carbonyl (C=O) groups excluding carboxylic acids is 1. The lowest BCUT2D eigenvalue weighted by Crippen LogP contribution is -2.61. The van der Waals surface area contributed by atoms with Crippen molar-refractivity contribution in [3.63, 3.8) is 0 Å². The molecule has 58 heavy (non-hydrogen) atoms. The van der Waals surface area contributed by atoms with Crippen molar-refractivity contribution in [2.24, 2.45) is 14.1 Å². The zero-order valence-electron chi connectivity index (χ0n) is 31.7. The molecule has 1 spiro atoms. The maximum absolute atomic E-state index is 14.0. The first-order valence-electron chi connectivity index (χ1n) is 18.7. The molecule has 5 aromatic rings. The van der Waals surface area contributed by atoms with Crippen LogP contribution in [0.15, 0.2) is 58.1 Å². The normalized spacial score (nSPS) is 19.6. The largest absolute Gasteiger partial charge is 0.481 e. The first kappa shape index (κ1) is 39.7. The SMILES string of the molecule is COc1nc(-c2cccc(-c3cccc(Nc4nc(C(F)(F)F)cc5c4c(=O)n(C)c(=O)n5C)c3Cl)c2Cl)cc2c1[C@@H](N1CC[C@]3(CCN(CCO)C(=O)N3)C1)CC2. The second kappa shape index (κ2) is 14.9. The van der Waals surface area contributed by atoms with Crippen LogP contribution in [0.5, 0.6) is 5.88 Å². The van der Waals surface area contributed by atoms with Crippen molar-refractivity contribution >= 4 is 51.6 Å². The number of hydrogen-bond donors (Lipinski definition) is 3. The molecule has 2 amide bonds. The van der Waals surface area contributed by atoms with Gasteiger partial charge in [-0.1, -0.05) is 53.5 Å². The van der Waals surface area contributed by atoms with Crippen molar-refractivity contribution < 1.29 is 27.8 Å². The van der Waals surface area contributed by atoms with E-state index in [1.807, 2.05) is 12.1 Å². The van der Waals surface area contributed by atoms with E-state index in [2.05, 4.69) is 20.5 Å². The zero-order valence-corrected chi connectivity index (χ0v) is 33.2. The molecule has 2 aromatic carbocycles. The fourth-order valence-corrected chi connectivity index (χ4v) is 9.20. The number of benzene rings is 2. The quantitative estimate of drug-likeness (QED) is 0.164. The number of likely N-dealkylation sites (tertiary alicyclic amines) is 1. The monoisotopic (exact) mass is 838 g/mol. The number of amides is 2. The Hall–Kier alpha value is -5.16. The molecule has 0 radical (unpaired) electrons. The number of β-amino-alcohol motifs (C(OH)–C–C–N with tert-alkyl or cyclic N) is 1. The van der Waals surface area contributed by atoms with Crippen molar-refractivity contribution in [2.45, 2.75) is 43.4 Å². The van der Waals surface area contributed by atoms with Gasteiger partial charge in [0.15, 0.2) is 0 Å². The number of methoxy groups -OCH3 is 1. The second-order valence-corrected chi connectivity index (χ2v) is 15.7. The van der Waals surface area contributed by atoms with Crippen molar-refractivity contribution in [3.8, 4) is 28.3 Å². The summed E-state index contributed by atoms with van der Waals surface area (Å²) >= 11 is 14.1. The maximum Gasteiger partial charge on any atom is 0.433 e. The van der Waals surface area contributed by atoms with E-state index in [9.17, 15) is 32.7 Å². The number of halogens is 5. The average molecular weight is 840 g/mol. The molecule has 3 aromatic heterocycles. The van der Waals surface area contributed by atoms with Crippen LogP contribution in [-0.2, 0) is 26.7 Å². The fourth-order valence-electron chi connectivity index (χ4n) is 8.60. The molecular formula is C40H39Cl2F3N8O5. The van der Waals surface area contributed by atoms with Gasteiger partial charge in [-0.05, 0) is 49.4 Å². The van der Waals surface area contributed by atoms with E-state index in [0.717, 1.165) is 52.5 Å². The Kier molecular flexibility index (Phi) is 10.2. The molecule has 13 nitrogen and oxygen atoms in total. The summed E-state index contributed by atoms with van der Waals surface area (Å²) in [6, 6.07) is 12.8. The predicted molar refractivity (Wildman–Crippen MR) is 214 cm³/mol. The maximum atomic E-state index is 14.0. The van der Waals surface area contributed by atoms with Gasteiger partial charge in [-0.3, -0.25) is 18.8 Å². The van der Waals surface area contributed by atoms with Crippen LogP contribution in [0.25, 0.3) is 33.3 Å². The molecule has 3 aliphatic rings. The van der Waals surface area contributed by atoms with Crippen LogP contribution < -0.4 is 26.6 Å². The van der Waals surface area contributed by atoms with Crippen molar-refractivity contribution in [3.05, 3.63) is 96.2 Å². The molecular weight excluding hydrogens is 800 g/mol. The van der Waals surface area contributed by atoms with E-state index in [-0.39, 0.29) is 45.8 Å². The standard InChI is InChI=1S/C40H39Cl2F3N8O5/c1-50-28-19-29(40(43,44)45)48-34(31(28)36(55)51(2)38(50)57)46-25-9-5-7-23(33(25)42)22-6-4-8-24(32(22)41)26-18-21-10-11-27(30(21)35(47-26)58-3)53-15-13-39(20-53)12-14-52(16-17-54)37(56)49-39/h4-9,18-19,27,54H,10-17,20H2,1-3H3,(H,46,48)(H,49,56)/t27-,39+/m0/s1. The third kappa shape index (κ3) is 6.74. The zero-order chi connectivity index (χ0) is 41.3. The minimum atomic E-state index is -4.88. The van der Waals surface area contributed by atoms with E-state index in [1.165, 1.54) is 20.2 Å². The highest BCUT2D eigenvalue weighted by molar-refractivity contribution is 6.39. The fraction of sp³-hybridized carbons (Fsp3) is 0.375. The van der Waals surface area contributed by atoms with Crippen molar-refractivity contribution in [2.75, 3.05) is 45.2 Å². The van der Waals surface area contributed by atoms with Gasteiger partial charge in [0.2, 0.25) is 5.88 Å². The number of pyridine rings is 2. The number of nitrogens with zero attached hydrogens (tertiary/aromatic N) is 6. The molecule has 0 unspecified atom stereocenters. The molecule has 3 N–H and O–H groups in total. The number of aryl methyl sites for hydroxylation is 2. The van der Waals surface area contributed by atoms with E-state index >= 15 is 0 Å². The minimum absolute atomic E-state index is 0.0441. The number of nitrogens with one attached hydrogen (secondary N) is 2. The van der Waals surface area contributed by atoms with Crippen LogP contribution in [0.1, 0.15) is 42.1 Å². The number of aromatic nitrogens is 4. The van der Waals surface area contributed by atoms with Gasteiger partial charge in [0.25, 0.3) is 5.56 Å². The van der Waals surface area contributed by atoms with Crippen LogP contribution >= 0.6 is 23.2 Å². The number of carbonyl (C=O) groups is 1. The van der Waals surface area contributed by atoms with Crippen LogP contribution in [0.4, 0.5) is 29.5 Å². The number of rotatable bonds is 8. The molecule has 2 atom stereocenters. The number of aliphatic hydroxyl groups excluding tert-OH is 1. The lowest BCUT2D eigenvalue weighted by molar-refractivity contribution is -0.141. The topological polar surface area (TPSA) is 147 Å². The van der Waals surface area contributed by atoms with Crippen LogP contribution in [-0.4, -0.2) is 85.5 Å². The second-order valence-electron chi connectivity index (χ2n) is 14.9. The van der Waals surface area contributed by atoms with Crippen molar-refractivity contribution in [1.29, 1.82) is 0 Å². The summed E-state index contributed by atoms with van der Waals surface area (Å²) in [6.07, 6.45) is -1.65. The van der Waals surface area contributed by atoms with E-state index < -0.39 is 28.9 Å². The molecule has 0 saturated carbocycles. The summed E-state index contributed by atoms with van der Waals surface area (Å²) in [6.45, 7) is 2.32. The summed E-state index contributed by atoms with van der Waals surface area (Å²) in [5.41, 5.74) is 0.858. The Morgan fingerprint density at radius 3 is 2.40 bits per heavy atom. The van der Waals surface area contributed by atoms with E-state index in [4.69, 9.17) is 32.9 Å². The van der Waals surface area contributed by atoms with Crippen molar-refractivity contribution in [1.82, 2.24) is 34.2 Å². The highest BCUT2D eigenvalue weighted by Crippen LogP contribution is 2.47. The summed E-state index contributed by atoms with van der Waals surface area (Å²) in [4.78, 5) is 51.4. The summed E-state index contributed by atoms with van der Waals surface area (Å²) < 4.78 is 49.7.